The third-order valence-corrected chi connectivity index (χ3v) is 4.64. The van der Waals surface area contributed by atoms with Gasteiger partial charge in [-0.1, -0.05) is 61.7 Å². The normalized spacial score (nSPS) is 15.3. The molecule has 23 heavy (non-hydrogen) atoms. The van der Waals surface area contributed by atoms with Crippen LogP contribution in [0, 0.1) is 0 Å². The minimum atomic E-state index is -0.0605. The molecule has 1 fully saturated rings. The summed E-state index contributed by atoms with van der Waals surface area (Å²) in [5, 5.41) is 8.83. The highest BCUT2D eigenvalue weighted by Crippen LogP contribution is 2.19. The molecular formula is C19H22N2OS. The van der Waals surface area contributed by atoms with Gasteiger partial charge in [-0.15, -0.1) is 0 Å². The SMILES string of the molecule is O=C(Cc1cccc2ccccc12)NC(=S)NC1CCCCC1. The lowest BCUT2D eigenvalue weighted by molar-refractivity contribution is -0.119. The van der Waals surface area contributed by atoms with Crippen LogP contribution in [0.25, 0.3) is 10.8 Å². The highest BCUT2D eigenvalue weighted by atomic mass is 32.1. The molecule has 0 aliphatic heterocycles. The van der Waals surface area contributed by atoms with Crippen molar-refractivity contribution in [3.05, 3.63) is 48.0 Å². The third-order valence-electron chi connectivity index (χ3n) is 4.42. The molecule has 0 atom stereocenters. The van der Waals surface area contributed by atoms with Gasteiger partial charge in [-0.25, -0.2) is 0 Å². The van der Waals surface area contributed by atoms with Crippen molar-refractivity contribution < 1.29 is 4.79 Å². The molecule has 4 heteroatoms. The maximum absolute atomic E-state index is 12.3. The van der Waals surface area contributed by atoms with E-state index in [2.05, 4.69) is 28.8 Å². The van der Waals surface area contributed by atoms with Crippen molar-refractivity contribution in [2.45, 2.75) is 44.6 Å². The molecule has 120 valence electrons. The van der Waals surface area contributed by atoms with Crippen molar-refractivity contribution in [3.8, 4) is 0 Å². The summed E-state index contributed by atoms with van der Waals surface area (Å²) in [4.78, 5) is 12.3. The average Bonchev–Trinajstić information content (AvgIpc) is 2.56. The van der Waals surface area contributed by atoms with Gasteiger partial charge in [0.25, 0.3) is 0 Å². The summed E-state index contributed by atoms with van der Waals surface area (Å²) >= 11 is 5.28. The van der Waals surface area contributed by atoms with Crippen molar-refractivity contribution in [1.29, 1.82) is 0 Å². The van der Waals surface area contributed by atoms with Crippen LogP contribution in [-0.4, -0.2) is 17.1 Å². The average molecular weight is 326 g/mol. The number of fused-ring (bicyclic) bond motifs is 1. The van der Waals surface area contributed by atoms with Crippen LogP contribution in [-0.2, 0) is 11.2 Å². The van der Waals surface area contributed by atoms with Crippen LogP contribution < -0.4 is 10.6 Å². The molecule has 3 rings (SSSR count). The van der Waals surface area contributed by atoms with Crippen molar-refractivity contribution in [2.75, 3.05) is 0 Å². The molecule has 1 saturated carbocycles. The van der Waals surface area contributed by atoms with E-state index in [4.69, 9.17) is 12.2 Å². The van der Waals surface area contributed by atoms with E-state index in [1.54, 1.807) is 0 Å². The summed E-state index contributed by atoms with van der Waals surface area (Å²) in [6.07, 6.45) is 6.40. The van der Waals surface area contributed by atoms with Gasteiger partial charge >= 0.3 is 0 Å². The lowest BCUT2D eigenvalue weighted by Crippen LogP contribution is -2.45. The van der Waals surface area contributed by atoms with Crippen molar-refractivity contribution in [3.63, 3.8) is 0 Å². The Labute approximate surface area is 142 Å². The first kappa shape index (κ1) is 15.9. The second-order valence-corrected chi connectivity index (χ2v) is 6.58. The van der Waals surface area contributed by atoms with Gasteiger partial charge in [0.15, 0.2) is 5.11 Å². The van der Waals surface area contributed by atoms with Crippen molar-refractivity contribution in [2.24, 2.45) is 0 Å². The lowest BCUT2D eigenvalue weighted by Gasteiger charge is -2.24. The monoisotopic (exact) mass is 326 g/mol. The molecule has 2 N–H and O–H groups in total. The molecule has 0 aromatic heterocycles. The van der Waals surface area contributed by atoms with Crippen LogP contribution in [0.5, 0.6) is 0 Å². The Morgan fingerprint density at radius 3 is 2.61 bits per heavy atom. The number of carbonyl (C=O) groups excluding carboxylic acids is 1. The number of thiocarbonyl (C=S) groups is 1. The van der Waals surface area contributed by atoms with Gasteiger partial charge in [-0.2, -0.15) is 0 Å². The Balaban J connectivity index is 1.59. The van der Waals surface area contributed by atoms with Crippen LogP contribution in [0.1, 0.15) is 37.7 Å². The number of hydrogen-bond donors (Lipinski definition) is 2. The van der Waals surface area contributed by atoms with E-state index in [1.165, 1.54) is 19.3 Å². The second-order valence-electron chi connectivity index (χ2n) is 6.17. The molecule has 2 aromatic carbocycles. The van der Waals surface area contributed by atoms with Crippen LogP contribution >= 0.6 is 12.2 Å². The second kappa shape index (κ2) is 7.55. The Hall–Kier alpha value is -1.94. The Morgan fingerprint density at radius 2 is 1.78 bits per heavy atom. The van der Waals surface area contributed by atoms with Gasteiger partial charge < -0.3 is 10.6 Å². The van der Waals surface area contributed by atoms with Gasteiger partial charge in [-0.3, -0.25) is 4.79 Å². The van der Waals surface area contributed by atoms with E-state index < -0.39 is 0 Å². The Bertz CT molecular complexity index is 702. The highest BCUT2D eigenvalue weighted by Gasteiger charge is 2.15. The van der Waals surface area contributed by atoms with Gasteiger partial charge in [0.2, 0.25) is 5.91 Å². The number of benzene rings is 2. The van der Waals surface area contributed by atoms with Gasteiger partial charge in [0, 0.05) is 6.04 Å². The van der Waals surface area contributed by atoms with Crippen LogP contribution in [0.4, 0.5) is 0 Å². The summed E-state index contributed by atoms with van der Waals surface area (Å²) < 4.78 is 0. The number of hydrogen-bond acceptors (Lipinski definition) is 2. The van der Waals surface area contributed by atoms with Crippen LogP contribution in [0.2, 0.25) is 0 Å². The number of carbonyl (C=O) groups is 1. The minimum Gasteiger partial charge on any atom is -0.360 e. The third kappa shape index (κ3) is 4.29. The molecule has 1 aliphatic carbocycles. The summed E-state index contributed by atoms with van der Waals surface area (Å²) in [5.41, 5.74) is 1.03. The smallest absolute Gasteiger partial charge is 0.230 e. The minimum absolute atomic E-state index is 0.0605. The molecule has 0 unspecified atom stereocenters. The zero-order valence-corrected chi connectivity index (χ0v) is 14.0. The highest BCUT2D eigenvalue weighted by molar-refractivity contribution is 7.80. The van der Waals surface area contributed by atoms with Gasteiger partial charge in [0.1, 0.15) is 0 Å². The molecule has 0 radical (unpaired) electrons. The Kier molecular flexibility index (Phi) is 5.23. The predicted octanol–water partition coefficient (Wildman–Crippen LogP) is 3.71. The fourth-order valence-electron chi connectivity index (χ4n) is 3.26. The summed E-state index contributed by atoms with van der Waals surface area (Å²) in [6, 6.07) is 14.6. The van der Waals surface area contributed by atoms with Gasteiger partial charge in [-0.05, 0) is 41.4 Å². The molecule has 0 bridgehead atoms. The molecule has 0 heterocycles. The molecule has 0 saturated heterocycles. The van der Waals surface area contributed by atoms with Crippen LogP contribution in [0.3, 0.4) is 0 Å². The summed E-state index contributed by atoms with van der Waals surface area (Å²) in [7, 11) is 0. The molecular weight excluding hydrogens is 304 g/mol. The number of rotatable bonds is 3. The fraction of sp³-hybridized carbons (Fsp3) is 0.368. The van der Waals surface area contributed by atoms with E-state index >= 15 is 0 Å². The quantitative estimate of drug-likeness (QED) is 0.845. The molecule has 3 nitrogen and oxygen atoms in total. The zero-order chi connectivity index (χ0) is 16.1. The van der Waals surface area contributed by atoms with E-state index in [0.717, 1.165) is 29.2 Å². The topological polar surface area (TPSA) is 41.1 Å². The van der Waals surface area contributed by atoms with Crippen molar-refractivity contribution >= 4 is 34.0 Å². The van der Waals surface area contributed by atoms with Gasteiger partial charge in [0.05, 0.1) is 6.42 Å². The zero-order valence-electron chi connectivity index (χ0n) is 13.2. The first-order valence-corrected chi connectivity index (χ1v) is 8.70. The van der Waals surface area contributed by atoms with E-state index in [-0.39, 0.29) is 5.91 Å². The lowest BCUT2D eigenvalue weighted by atomic mass is 9.96. The predicted molar refractivity (Wildman–Crippen MR) is 98.4 cm³/mol. The van der Waals surface area contributed by atoms with Crippen LogP contribution in [0.15, 0.2) is 42.5 Å². The molecule has 2 aromatic rings. The first-order valence-electron chi connectivity index (χ1n) is 8.29. The summed E-state index contributed by atoms with van der Waals surface area (Å²) in [5.74, 6) is -0.0605. The van der Waals surface area contributed by atoms with E-state index in [1.807, 2.05) is 24.3 Å². The molecule has 1 amide bonds. The number of amides is 1. The largest absolute Gasteiger partial charge is 0.360 e. The maximum atomic E-state index is 12.3. The molecule has 1 aliphatic rings. The van der Waals surface area contributed by atoms with Crippen molar-refractivity contribution in [1.82, 2.24) is 10.6 Å². The molecule has 0 spiro atoms. The standard InChI is InChI=1S/C19H22N2OS/c22-18(21-19(23)20-16-10-2-1-3-11-16)13-15-9-6-8-14-7-4-5-12-17(14)15/h4-9,12,16H,1-3,10-11,13H2,(H2,20,21,22,23). The first-order chi connectivity index (χ1) is 11.2. The van der Waals surface area contributed by atoms with E-state index in [0.29, 0.717) is 17.6 Å². The Morgan fingerprint density at radius 1 is 1.04 bits per heavy atom. The summed E-state index contributed by atoms with van der Waals surface area (Å²) in [6.45, 7) is 0. The fourth-order valence-corrected chi connectivity index (χ4v) is 3.54. The maximum Gasteiger partial charge on any atom is 0.230 e. The number of nitrogens with one attached hydrogen (secondary N) is 2. The van der Waals surface area contributed by atoms with E-state index in [9.17, 15) is 4.79 Å².